The summed E-state index contributed by atoms with van der Waals surface area (Å²) in [4.78, 5) is 41.5. The van der Waals surface area contributed by atoms with Crippen LogP contribution in [0.2, 0.25) is 0 Å². The predicted octanol–water partition coefficient (Wildman–Crippen LogP) is 1.23. The van der Waals surface area contributed by atoms with Gasteiger partial charge in [-0.3, -0.25) is 13.9 Å². The van der Waals surface area contributed by atoms with E-state index in [1.165, 1.54) is 30.9 Å². The van der Waals surface area contributed by atoms with Gasteiger partial charge in [-0.1, -0.05) is 0 Å². The second-order valence-electron chi connectivity index (χ2n) is 5.89. The highest BCUT2D eigenvalue weighted by atomic mass is 16.5. The molecule has 0 aliphatic heterocycles. The van der Waals surface area contributed by atoms with Crippen molar-refractivity contribution in [3.8, 4) is 5.75 Å². The molecule has 0 unspecified atom stereocenters. The van der Waals surface area contributed by atoms with Crippen molar-refractivity contribution in [3.63, 3.8) is 0 Å². The van der Waals surface area contributed by atoms with Gasteiger partial charge >= 0.3 is 11.7 Å². The predicted molar refractivity (Wildman–Crippen MR) is 96.3 cm³/mol. The summed E-state index contributed by atoms with van der Waals surface area (Å²) in [5.74, 6) is 0.0169. The SMILES string of the molecule is CCOc1c(C)cnc2c1c(=O)n(Cc1ccc(C(=O)OC)o1)c(=O)n2C. The van der Waals surface area contributed by atoms with Gasteiger partial charge in [-0.05, 0) is 26.0 Å². The minimum atomic E-state index is -0.640. The van der Waals surface area contributed by atoms with Crippen LogP contribution in [0, 0.1) is 6.92 Å². The second kappa shape index (κ2) is 7.10. The first kappa shape index (κ1) is 18.4. The number of furan rings is 1. The van der Waals surface area contributed by atoms with Gasteiger partial charge in [0.05, 0.1) is 20.3 Å². The molecule has 0 bridgehead atoms. The van der Waals surface area contributed by atoms with Crippen LogP contribution in [0.1, 0.15) is 28.8 Å². The summed E-state index contributed by atoms with van der Waals surface area (Å²) in [6, 6.07) is 2.94. The Morgan fingerprint density at radius 3 is 2.70 bits per heavy atom. The van der Waals surface area contributed by atoms with Gasteiger partial charge in [0, 0.05) is 18.8 Å². The van der Waals surface area contributed by atoms with Crippen molar-refractivity contribution in [1.29, 1.82) is 0 Å². The lowest BCUT2D eigenvalue weighted by Gasteiger charge is -2.14. The number of hydrogen-bond acceptors (Lipinski definition) is 7. The minimum absolute atomic E-state index is 0.00863. The van der Waals surface area contributed by atoms with E-state index >= 15 is 0 Å². The van der Waals surface area contributed by atoms with Gasteiger partial charge in [0.2, 0.25) is 5.76 Å². The Kier molecular flexibility index (Phi) is 4.85. The topological polar surface area (TPSA) is 106 Å². The smallest absolute Gasteiger partial charge is 0.373 e. The number of nitrogens with zero attached hydrogens (tertiary/aromatic N) is 3. The number of aromatic nitrogens is 3. The van der Waals surface area contributed by atoms with E-state index in [1.54, 1.807) is 13.1 Å². The van der Waals surface area contributed by atoms with Gasteiger partial charge in [-0.2, -0.15) is 0 Å². The number of carbonyl (C=O) groups excluding carboxylic acids is 1. The van der Waals surface area contributed by atoms with Crippen molar-refractivity contribution < 1.29 is 18.7 Å². The summed E-state index contributed by atoms with van der Waals surface area (Å²) in [6.07, 6.45) is 1.56. The van der Waals surface area contributed by atoms with Crippen molar-refractivity contribution in [2.24, 2.45) is 7.05 Å². The second-order valence-corrected chi connectivity index (χ2v) is 5.89. The first-order valence-electron chi connectivity index (χ1n) is 8.28. The van der Waals surface area contributed by atoms with Crippen LogP contribution in [-0.2, 0) is 18.3 Å². The zero-order valence-electron chi connectivity index (χ0n) is 15.4. The van der Waals surface area contributed by atoms with Crippen molar-refractivity contribution in [2.75, 3.05) is 13.7 Å². The van der Waals surface area contributed by atoms with Gasteiger partial charge in [0.1, 0.15) is 16.9 Å². The molecule has 3 aromatic rings. The zero-order valence-corrected chi connectivity index (χ0v) is 15.4. The Morgan fingerprint density at radius 2 is 2.04 bits per heavy atom. The van der Waals surface area contributed by atoms with E-state index in [0.717, 1.165) is 4.57 Å². The average Bonchev–Trinajstić information content (AvgIpc) is 3.13. The van der Waals surface area contributed by atoms with E-state index < -0.39 is 17.2 Å². The van der Waals surface area contributed by atoms with Crippen molar-refractivity contribution in [3.05, 3.63) is 56.3 Å². The molecule has 0 saturated carbocycles. The molecular formula is C18H19N3O6. The summed E-state index contributed by atoms with van der Waals surface area (Å²) < 4.78 is 17.9. The molecule has 0 aliphatic rings. The molecule has 0 fully saturated rings. The van der Waals surface area contributed by atoms with E-state index in [1.807, 2.05) is 6.92 Å². The number of methoxy groups -OCH3 is 1. The number of ether oxygens (including phenoxy) is 2. The Bertz CT molecular complexity index is 1140. The summed E-state index contributed by atoms with van der Waals surface area (Å²) in [7, 11) is 2.76. The minimum Gasteiger partial charge on any atom is -0.493 e. The maximum atomic E-state index is 13.0. The highest BCUT2D eigenvalue weighted by molar-refractivity contribution is 5.86. The molecule has 0 saturated heterocycles. The monoisotopic (exact) mass is 373 g/mol. The highest BCUT2D eigenvalue weighted by Gasteiger charge is 2.19. The van der Waals surface area contributed by atoms with E-state index in [9.17, 15) is 14.4 Å². The van der Waals surface area contributed by atoms with E-state index in [-0.39, 0.29) is 29.1 Å². The van der Waals surface area contributed by atoms with Gasteiger partial charge in [-0.25, -0.2) is 14.6 Å². The molecule has 0 aromatic carbocycles. The average molecular weight is 373 g/mol. The summed E-state index contributed by atoms with van der Waals surface area (Å²) in [5.41, 5.74) is -0.159. The Labute approximate surface area is 153 Å². The molecule has 0 aliphatic carbocycles. The van der Waals surface area contributed by atoms with Gasteiger partial charge in [0.25, 0.3) is 5.56 Å². The van der Waals surface area contributed by atoms with Crippen LogP contribution in [-0.4, -0.2) is 33.8 Å². The third-order valence-electron chi connectivity index (χ3n) is 4.13. The van der Waals surface area contributed by atoms with Gasteiger partial charge < -0.3 is 13.9 Å². The fraction of sp³-hybridized carbons (Fsp3) is 0.333. The highest BCUT2D eigenvalue weighted by Crippen LogP contribution is 2.24. The lowest BCUT2D eigenvalue weighted by atomic mass is 10.2. The van der Waals surface area contributed by atoms with Crippen LogP contribution in [0.25, 0.3) is 11.0 Å². The number of aryl methyl sites for hydroxylation is 2. The summed E-state index contributed by atoms with van der Waals surface area (Å²) in [6.45, 7) is 3.81. The van der Waals surface area contributed by atoms with Crippen molar-refractivity contribution >= 4 is 17.0 Å². The van der Waals surface area contributed by atoms with Crippen molar-refractivity contribution in [1.82, 2.24) is 14.1 Å². The summed E-state index contributed by atoms with van der Waals surface area (Å²) >= 11 is 0. The molecule has 0 spiro atoms. The maximum absolute atomic E-state index is 13.0. The molecule has 27 heavy (non-hydrogen) atoms. The fourth-order valence-corrected chi connectivity index (χ4v) is 2.82. The molecular weight excluding hydrogens is 354 g/mol. The Morgan fingerprint density at radius 1 is 1.30 bits per heavy atom. The number of hydrogen-bond donors (Lipinski definition) is 0. The fourth-order valence-electron chi connectivity index (χ4n) is 2.82. The maximum Gasteiger partial charge on any atom is 0.373 e. The molecule has 9 heteroatoms. The first-order chi connectivity index (χ1) is 12.9. The largest absolute Gasteiger partial charge is 0.493 e. The van der Waals surface area contributed by atoms with Gasteiger partial charge in [-0.15, -0.1) is 0 Å². The third kappa shape index (κ3) is 3.12. The normalized spacial score (nSPS) is 11.0. The van der Waals surface area contributed by atoms with E-state index in [0.29, 0.717) is 17.9 Å². The molecule has 3 heterocycles. The van der Waals surface area contributed by atoms with Crippen LogP contribution in [0.5, 0.6) is 5.75 Å². The molecule has 142 valence electrons. The summed E-state index contributed by atoms with van der Waals surface area (Å²) in [5, 5.41) is 0.221. The molecule has 3 aromatic heterocycles. The Balaban J connectivity index is 2.20. The van der Waals surface area contributed by atoms with Crippen LogP contribution < -0.4 is 16.0 Å². The van der Waals surface area contributed by atoms with Gasteiger partial charge in [0.15, 0.2) is 5.65 Å². The molecule has 0 N–H and O–H groups in total. The van der Waals surface area contributed by atoms with Crippen molar-refractivity contribution in [2.45, 2.75) is 20.4 Å². The number of rotatable bonds is 5. The lowest BCUT2D eigenvalue weighted by Crippen LogP contribution is -2.39. The van der Waals surface area contributed by atoms with Crippen LogP contribution in [0.15, 0.2) is 32.3 Å². The van der Waals surface area contributed by atoms with E-state index in [2.05, 4.69) is 9.72 Å². The standard InChI is InChI=1S/C18H19N3O6/c1-5-26-14-10(2)8-19-15-13(14)16(22)21(18(24)20(15)3)9-11-6-7-12(27-11)17(23)25-4/h6-8H,5,9H2,1-4H3. The molecule has 0 atom stereocenters. The molecule has 3 rings (SSSR count). The number of esters is 1. The van der Waals surface area contributed by atoms with Crippen LogP contribution >= 0.6 is 0 Å². The number of pyridine rings is 1. The third-order valence-corrected chi connectivity index (χ3v) is 4.13. The number of fused-ring (bicyclic) bond motifs is 1. The molecule has 9 nitrogen and oxygen atoms in total. The number of carbonyl (C=O) groups is 1. The lowest BCUT2D eigenvalue weighted by molar-refractivity contribution is 0.0563. The molecule has 0 radical (unpaired) electrons. The first-order valence-corrected chi connectivity index (χ1v) is 8.28. The Hall–Kier alpha value is -3.36. The van der Waals surface area contributed by atoms with Crippen LogP contribution in [0.4, 0.5) is 0 Å². The van der Waals surface area contributed by atoms with Crippen LogP contribution in [0.3, 0.4) is 0 Å². The zero-order chi connectivity index (χ0) is 19.7. The van der Waals surface area contributed by atoms with E-state index in [4.69, 9.17) is 9.15 Å². The molecule has 0 amide bonds. The quantitative estimate of drug-likeness (QED) is 0.619.